The molecule has 0 fully saturated rings. The van der Waals surface area contributed by atoms with Gasteiger partial charge in [0.05, 0.1) is 28.1 Å². The number of ether oxygens (including phenoxy) is 2. The van der Waals surface area contributed by atoms with E-state index in [0.29, 0.717) is 52.9 Å². The first-order valence-electron chi connectivity index (χ1n) is 22.7. The number of aromatic nitrogens is 6. The maximum Gasteiger partial charge on any atom is 0.263 e. The molecule has 10 rings (SSSR count). The molecule has 0 unspecified atom stereocenters. The van der Waals surface area contributed by atoms with Crippen molar-refractivity contribution in [1.29, 1.82) is 0 Å². The molecule has 4 N–H and O–H groups in total. The molecule has 0 radical (unpaired) electrons. The number of amides is 2. The molecular formula is C50H53Cl2N11O4S2. The molecule has 358 valence electrons. The van der Waals surface area contributed by atoms with E-state index in [2.05, 4.69) is 87.6 Å². The molecule has 6 aromatic heterocycles. The van der Waals surface area contributed by atoms with Crippen molar-refractivity contribution in [2.75, 3.05) is 30.8 Å². The number of hydrogen-bond acceptors (Lipinski definition) is 15. The number of nitrogens with one attached hydrogen (secondary N) is 4. The number of fused-ring (bicyclic) bond motifs is 10. The first-order chi connectivity index (χ1) is 32.7. The highest BCUT2D eigenvalue weighted by molar-refractivity contribution is 7.22. The number of carbonyl (C=O) groups excluding carboxylic acids is 2. The fourth-order valence-corrected chi connectivity index (χ4v) is 10.5. The average molecular weight is 1010 g/mol. The summed E-state index contributed by atoms with van der Waals surface area (Å²) in [5, 5.41) is 17.1. The highest BCUT2D eigenvalue weighted by Gasteiger charge is 2.27. The highest BCUT2D eigenvalue weighted by Crippen LogP contribution is 2.43. The summed E-state index contributed by atoms with van der Waals surface area (Å²) in [6.07, 6.45) is 1.76. The first kappa shape index (κ1) is 48.1. The first-order valence-corrected chi connectivity index (χ1v) is 25.1. The Bertz CT molecular complexity index is 3290. The summed E-state index contributed by atoms with van der Waals surface area (Å²) in [7, 11) is 2.03. The van der Waals surface area contributed by atoms with Gasteiger partial charge in [-0.1, -0.05) is 20.8 Å². The molecular weight excluding hydrogens is 954 g/mol. The third kappa shape index (κ3) is 10.8. The largest absolute Gasteiger partial charge is 0.421 e. The summed E-state index contributed by atoms with van der Waals surface area (Å²) in [5.74, 6) is 1.44. The minimum Gasteiger partial charge on any atom is -0.421 e. The molecule has 0 spiro atoms. The van der Waals surface area contributed by atoms with Gasteiger partial charge in [-0.2, -0.15) is 9.97 Å². The second-order valence-corrected chi connectivity index (χ2v) is 22.4. The molecule has 0 saturated heterocycles. The standard InChI is InChI=1S/C25H27ClN6O2S.C25H26ClN5O2S/c1-13-11-27-21-20-15-6-9-18(30-16(15)7-8-17(20)35-22(21)23(33)28-13)34-19-10-14(29-24(26)31-19)12-32(5)25(2,3)4;1-13-12-27-21-20-15-5-8-18(30-16(15)6-7-17(20)34-22(21)23(32)28-13)33-19-11-14(29-24(26)31-19)9-10-25(2,3)4/h6-10,13,27H,11-12H2,1-5H3,(H,28,33);5-8,11,13,27H,9-10,12H2,1-4H3,(H,28,32)/t2*13-/m11/s1. The Kier molecular flexibility index (Phi) is 13.3. The molecule has 0 aliphatic carbocycles. The third-order valence-electron chi connectivity index (χ3n) is 11.9. The zero-order valence-corrected chi connectivity index (χ0v) is 42.9. The van der Waals surface area contributed by atoms with Crippen LogP contribution in [0.25, 0.3) is 42.0 Å². The monoisotopic (exact) mass is 1010 g/mol. The van der Waals surface area contributed by atoms with Crippen LogP contribution in [0.15, 0.2) is 60.7 Å². The van der Waals surface area contributed by atoms with Crippen LogP contribution in [0.4, 0.5) is 11.4 Å². The predicted octanol–water partition coefficient (Wildman–Crippen LogP) is 11.7. The van der Waals surface area contributed by atoms with Gasteiger partial charge in [-0.15, -0.1) is 22.7 Å². The Labute approximate surface area is 417 Å². The van der Waals surface area contributed by atoms with E-state index in [-0.39, 0.29) is 45.4 Å². The van der Waals surface area contributed by atoms with E-state index in [0.717, 1.165) is 77.6 Å². The lowest BCUT2D eigenvalue weighted by atomic mass is 9.90. The number of aryl methyl sites for hydroxylation is 1. The average Bonchev–Trinajstić information content (AvgIpc) is 3.77. The fraction of sp³-hybridized carbons (Fsp3) is 0.360. The molecule has 2 atom stereocenters. The predicted molar refractivity (Wildman–Crippen MR) is 278 cm³/mol. The van der Waals surface area contributed by atoms with Gasteiger partial charge in [0.2, 0.25) is 34.1 Å². The van der Waals surface area contributed by atoms with E-state index in [1.54, 1.807) is 6.07 Å². The minimum atomic E-state index is -0.0479. The molecule has 19 heteroatoms. The van der Waals surface area contributed by atoms with Crippen LogP contribution in [-0.2, 0) is 13.0 Å². The fourth-order valence-electron chi connectivity index (χ4n) is 7.92. The summed E-state index contributed by atoms with van der Waals surface area (Å²) in [4.78, 5) is 55.4. The van der Waals surface area contributed by atoms with E-state index >= 15 is 0 Å². The zero-order valence-electron chi connectivity index (χ0n) is 39.8. The summed E-state index contributed by atoms with van der Waals surface area (Å²) < 4.78 is 14.0. The Hall–Kier alpha value is -5.98. The highest BCUT2D eigenvalue weighted by atomic mass is 35.5. The second kappa shape index (κ2) is 19.1. The molecule has 2 amide bonds. The lowest BCUT2D eigenvalue weighted by Gasteiger charge is -2.31. The Balaban J connectivity index is 0.000000172. The van der Waals surface area contributed by atoms with Crippen molar-refractivity contribution in [3.63, 3.8) is 0 Å². The van der Waals surface area contributed by atoms with Crippen molar-refractivity contribution in [1.82, 2.24) is 45.4 Å². The third-order valence-corrected chi connectivity index (χ3v) is 14.5. The van der Waals surface area contributed by atoms with Crippen LogP contribution in [0.5, 0.6) is 23.5 Å². The maximum atomic E-state index is 12.7. The number of carbonyl (C=O) groups is 2. The van der Waals surface area contributed by atoms with Crippen LogP contribution in [0.1, 0.15) is 92.5 Å². The van der Waals surface area contributed by atoms with E-state index in [1.165, 1.54) is 22.7 Å². The summed E-state index contributed by atoms with van der Waals surface area (Å²) in [6.45, 7) is 18.9. The van der Waals surface area contributed by atoms with E-state index in [4.69, 9.17) is 42.6 Å². The molecule has 8 heterocycles. The molecule has 15 nitrogen and oxygen atoms in total. The number of anilines is 2. The van der Waals surface area contributed by atoms with Gasteiger partial charge in [-0.3, -0.25) is 14.5 Å². The van der Waals surface area contributed by atoms with Gasteiger partial charge < -0.3 is 30.7 Å². The number of benzene rings is 2. The molecule has 0 saturated carbocycles. The van der Waals surface area contributed by atoms with Gasteiger partial charge in [-0.25, -0.2) is 19.9 Å². The number of thiophene rings is 2. The van der Waals surface area contributed by atoms with Gasteiger partial charge in [0.1, 0.15) is 9.75 Å². The van der Waals surface area contributed by atoms with Crippen molar-refractivity contribution in [3.8, 4) is 23.5 Å². The Morgan fingerprint density at radius 3 is 1.57 bits per heavy atom. The number of nitrogens with zero attached hydrogens (tertiary/aromatic N) is 7. The maximum absolute atomic E-state index is 12.7. The van der Waals surface area contributed by atoms with Crippen molar-refractivity contribution in [3.05, 3.63) is 92.4 Å². The Morgan fingerprint density at radius 2 is 1.10 bits per heavy atom. The Morgan fingerprint density at radius 1 is 0.638 bits per heavy atom. The van der Waals surface area contributed by atoms with Crippen molar-refractivity contribution in [2.45, 2.75) is 92.4 Å². The zero-order chi connectivity index (χ0) is 48.9. The normalized spacial score (nSPS) is 16.2. The number of rotatable bonds is 8. The van der Waals surface area contributed by atoms with Crippen LogP contribution in [0, 0.1) is 5.41 Å². The summed E-state index contributed by atoms with van der Waals surface area (Å²) in [6, 6.07) is 19.2. The van der Waals surface area contributed by atoms with Gasteiger partial charge >= 0.3 is 0 Å². The van der Waals surface area contributed by atoms with E-state index in [1.807, 2.05) is 75.5 Å². The quantitative estimate of drug-likeness (QED) is 0.106. The lowest BCUT2D eigenvalue weighted by Crippen LogP contribution is -2.37. The van der Waals surface area contributed by atoms with Crippen LogP contribution in [-0.4, -0.2) is 84.4 Å². The number of hydrogen-bond donors (Lipinski definition) is 4. The van der Waals surface area contributed by atoms with Crippen LogP contribution in [0.2, 0.25) is 10.6 Å². The number of halogens is 2. The lowest BCUT2D eigenvalue weighted by molar-refractivity contribution is 0.0940. The van der Waals surface area contributed by atoms with Gasteiger partial charge in [-0.05, 0) is 120 Å². The van der Waals surface area contributed by atoms with Crippen molar-refractivity contribution >= 4 is 111 Å². The SMILES string of the molecule is C[C@@H]1CNc2c(sc3ccc4nc(Oc5cc(CCC(C)(C)C)nc(Cl)n5)ccc4c23)C(=O)N1.C[C@@H]1CNc2c(sc3ccc4nc(Oc5cc(CN(C)C(C)(C)C)nc(Cl)n5)ccc4c23)C(=O)N1. The van der Waals surface area contributed by atoms with Crippen LogP contribution >= 0.6 is 45.9 Å². The van der Waals surface area contributed by atoms with Crippen molar-refractivity contribution in [2.24, 2.45) is 5.41 Å². The smallest absolute Gasteiger partial charge is 0.263 e. The van der Waals surface area contributed by atoms with E-state index < -0.39 is 0 Å². The molecule has 69 heavy (non-hydrogen) atoms. The molecule has 2 aliphatic heterocycles. The topological polar surface area (TPSA) is 181 Å². The second-order valence-electron chi connectivity index (χ2n) is 19.7. The van der Waals surface area contributed by atoms with Gasteiger partial charge in [0, 0.05) is 98.2 Å². The van der Waals surface area contributed by atoms with Crippen LogP contribution in [0.3, 0.4) is 0 Å². The minimum absolute atomic E-state index is 0.0167. The molecule has 8 aromatic rings. The van der Waals surface area contributed by atoms with Gasteiger partial charge in [0.15, 0.2) is 0 Å². The molecule has 2 aromatic carbocycles. The van der Waals surface area contributed by atoms with E-state index in [9.17, 15) is 9.59 Å². The van der Waals surface area contributed by atoms with Crippen LogP contribution < -0.4 is 30.7 Å². The van der Waals surface area contributed by atoms with Gasteiger partial charge in [0.25, 0.3) is 11.8 Å². The molecule has 2 aliphatic rings. The molecule has 0 bridgehead atoms. The summed E-state index contributed by atoms with van der Waals surface area (Å²) >= 11 is 15.3. The number of pyridine rings is 2. The summed E-state index contributed by atoms with van der Waals surface area (Å²) in [5.41, 5.74) is 5.05. The van der Waals surface area contributed by atoms with Crippen molar-refractivity contribution < 1.29 is 19.1 Å².